The summed E-state index contributed by atoms with van der Waals surface area (Å²) in [6.07, 6.45) is 5.49. The van der Waals surface area contributed by atoms with Crippen molar-refractivity contribution in [2.75, 3.05) is 7.11 Å². The van der Waals surface area contributed by atoms with Gasteiger partial charge in [-0.1, -0.05) is 30.3 Å². The number of nitrogens with zero attached hydrogens (tertiary/aromatic N) is 2. The van der Waals surface area contributed by atoms with Crippen LogP contribution in [0.5, 0.6) is 5.75 Å². The maximum absolute atomic E-state index is 13.2. The number of carbonyl (C=O) groups excluding carboxylic acids is 1. The lowest BCUT2D eigenvalue weighted by Gasteiger charge is -2.19. The van der Waals surface area contributed by atoms with Gasteiger partial charge >= 0.3 is 5.97 Å². The first kappa shape index (κ1) is 18.2. The van der Waals surface area contributed by atoms with E-state index < -0.39 is 0 Å². The van der Waals surface area contributed by atoms with Gasteiger partial charge in [-0.25, -0.2) is 4.79 Å². The van der Waals surface area contributed by atoms with Crippen LogP contribution in [-0.4, -0.2) is 23.0 Å². The molecule has 1 saturated carbocycles. The number of esters is 1. The lowest BCUT2D eigenvalue weighted by molar-refractivity contribution is 0.0471. The number of aromatic nitrogens is 2. The zero-order valence-electron chi connectivity index (χ0n) is 16.0. The second-order valence-corrected chi connectivity index (χ2v) is 6.94. The van der Waals surface area contributed by atoms with Gasteiger partial charge in [-0.3, -0.25) is 9.97 Å². The van der Waals surface area contributed by atoms with E-state index in [1.54, 1.807) is 19.5 Å². The van der Waals surface area contributed by atoms with Gasteiger partial charge in [-0.2, -0.15) is 0 Å². The molecule has 2 heterocycles. The summed E-state index contributed by atoms with van der Waals surface area (Å²) < 4.78 is 11.3. The smallest absolute Gasteiger partial charge is 0.341 e. The molecule has 142 valence electrons. The van der Waals surface area contributed by atoms with Crippen LogP contribution < -0.4 is 4.74 Å². The number of hydrogen-bond acceptors (Lipinski definition) is 5. The highest BCUT2D eigenvalue weighted by molar-refractivity contribution is 6.00. The van der Waals surface area contributed by atoms with Crippen LogP contribution in [0.3, 0.4) is 0 Å². The Morgan fingerprint density at radius 2 is 1.82 bits per heavy atom. The summed E-state index contributed by atoms with van der Waals surface area (Å²) in [7, 11) is 1.60. The molecule has 5 nitrogen and oxygen atoms in total. The molecule has 0 N–H and O–H groups in total. The van der Waals surface area contributed by atoms with E-state index >= 15 is 0 Å². The van der Waals surface area contributed by atoms with Gasteiger partial charge in [-0.05, 0) is 43.0 Å². The zero-order valence-corrected chi connectivity index (χ0v) is 16.0. The number of ether oxygens (including phenoxy) is 2. The largest absolute Gasteiger partial charge is 0.494 e. The van der Waals surface area contributed by atoms with Crippen LogP contribution in [0.2, 0.25) is 0 Å². The Balaban J connectivity index is 1.80. The molecule has 0 bridgehead atoms. The van der Waals surface area contributed by atoms with Crippen LogP contribution in [0.25, 0.3) is 11.1 Å². The number of aryl methyl sites for hydroxylation is 1. The highest BCUT2D eigenvalue weighted by atomic mass is 16.5. The van der Waals surface area contributed by atoms with Crippen molar-refractivity contribution in [1.29, 1.82) is 0 Å². The number of benzene rings is 1. The normalized spacial score (nSPS) is 13.2. The third-order valence-electron chi connectivity index (χ3n) is 4.90. The second-order valence-electron chi connectivity index (χ2n) is 6.94. The Hall–Kier alpha value is -3.21. The SMILES string of the molecule is COc1c(C)nc(C2CC2)c(C(=O)OCc2ccccc2)c1-c1ccncc1. The molecular weight excluding hydrogens is 352 g/mol. The number of pyridine rings is 2. The maximum atomic E-state index is 13.2. The maximum Gasteiger partial charge on any atom is 0.341 e. The third kappa shape index (κ3) is 3.60. The molecule has 0 atom stereocenters. The molecule has 1 aromatic carbocycles. The number of rotatable bonds is 6. The van der Waals surface area contributed by atoms with E-state index in [0.717, 1.165) is 40.9 Å². The summed E-state index contributed by atoms with van der Waals surface area (Å²) in [4.78, 5) is 22.0. The van der Waals surface area contributed by atoms with E-state index in [0.29, 0.717) is 17.2 Å². The first-order valence-corrected chi connectivity index (χ1v) is 9.39. The van der Waals surface area contributed by atoms with Crippen molar-refractivity contribution in [3.63, 3.8) is 0 Å². The molecule has 0 unspecified atom stereocenters. The van der Waals surface area contributed by atoms with Crippen molar-refractivity contribution in [1.82, 2.24) is 9.97 Å². The topological polar surface area (TPSA) is 61.3 Å². The molecule has 5 heteroatoms. The lowest BCUT2D eigenvalue weighted by atomic mass is 9.95. The van der Waals surface area contributed by atoms with E-state index in [1.165, 1.54) is 0 Å². The number of hydrogen-bond donors (Lipinski definition) is 0. The van der Waals surface area contributed by atoms with Gasteiger partial charge in [0.2, 0.25) is 0 Å². The van der Waals surface area contributed by atoms with Crippen molar-refractivity contribution in [2.24, 2.45) is 0 Å². The molecular formula is C23H22N2O3. The van der Waals surface area contributed by atoms with Gasteiger partial charge in [0.25, 0.3) is 0 Å². The van der Waals surface area contributed by atoms with Crippen LogP contribution in [0.1, 0.15) is 46.1 Å². The van der Waals surface area contributed by atoms with Crippen LogP contribution in [0.15, 0.2) is 54.9 Å². The zero-order chi connectivity index (χ0) is 19.5. The molecule has 1 aliphatic carbocycles. The summed E-state index contributed by atoms with van der Waals surface area (Å²) in [5.41, 5.74) is 4.63. The summed E-state index contributed by atoms with van der Waals surface area (Å²) in [5, 5.41) is 0. The van der Waals surface area contributed by atoms with Gasteiger partial charge in [0.15, 0.2) is 0 Å². The molecule has 0 amide bonds. The minimum absolute atomic E-state index is 0.218. The van der Waals surface area contributed by atoms with E-state index in [9.17, 15) is 4.79 Å². The van der Waals surface area contributed by atoms with Gasteiger partial charge in [0, 0.05) is 23.9 Å². The minimum atomic E-state index is -0.372. The van der Waals surface area contributed by atoms with E-state index in [4.69, 9.17) is 14.5 Å². The second kappa shape index (κ2) is 7.80. The summed E-state index contributed by atoms with van der Waals surface area (Å²) in [6.45, 7) is 2.13. The van der Waals surface area contributed by atoms with Crippen molar-refractivity contribution >= 4 is 5.97 Å². The quantitative estimate of drug-likeness (QED) is 0.586. The monoisotopic (exact) mass is 374 g/mol. The Morgan fingerprint density at radius 1 is 1.11 bits per heavy atom. The van der Waals surface area contributed by atoms with Crippen molar-refractivity contribution in [3.05, 3.63) is 77.4 Å². The van der Waals surface area contributed by atoms with E-state index in [1.807, 2.05) is 49.4 Å². The Labute approximate surface area is 164 Å². The van der Waals surface area contributed by atoms with Crippen LogP contribution in [-0.2, 0) is 11.3 Å². The van der Waals surface area contributed by atoms with Gasteiger partial charge in [0.1, 0.15) is 12.4 Å². The standard InChI is InChI=1S/C23H22N2O3/c1-15-22(27-2)19(17-10-12-24-13-11-17)20(21(25-15)18-8-9-18)23(26)28-14-16-6-4-3-5-7-16/h3-7,10-13,18H,8-9,14H2,1-2H3. The Kier molecular flexibility index (Phi) is 5.06. The average Bonchev–Trinajstić information content (AvgIpc) is 3.58. The van der Waals surface area contributed by atoms with Crippen molar-refractivity contribution in [2.45, 2.75) is 32.3 Å². The molecule has 2 aromatic heterocycles. The predicted octanol–water partition coefficient (Wildman–Crippen LogP) is 4.70. The number of carbonyl (C=O) groups is 1. The van der Waals surface area contributed by atoms with Gasteiger partial charge in [-0.15, -0.1) is 0 Å². The first-order valence-electron chi connectivity index (χ1n) is 9.39. The summed E-state index contributed by atoms with van der Waals surface area (Å²) in [6, 6.07) is 13.4. The highest BCUT2D eigenvalue weighted by Crippen LogP contribution is 2.46. The molecule has 0 aliphatic heterocycles. The van der Waals surface area contributed by atoms with Crippen LogP contribution in [0.4, 0.5) is 0 Å². The molecule has 3 aromatic rings. The Morgan fingerprint density at radius 3 is 2.46 bits per heavy atom. The molecule has 0 spiro atoms. The predicted molar refractivity (Wildman–Crippen MR) is 106 cm³/mol. The fourth-order valence-corrected chi connectivity index (χ4v) is 3.41. The van der Waals surface area contributed by atoms with Crippen molar-refractivity contribution < 1.29 is 14.3 Å². The molecule has 4 rings (SSSR count). The molecule has 1 aliphatic rings. The summed E-state index contributed by atoms with van der Waals surface area (Å²) >= 11 is 0. The van der Waals surface area contributed by atoms with E-state index in [-0.39, 0.29) is 12.6 Å². The molecule has 0 saturated heterocycles. The molecule has 0 radical (unpaired) electrons. The lowest BCUT2D eigenvalue weighted by Crippen LogP contribution is -2.14. The third-order valence-corrected chi connectivity index (χ3v) is 4.90. The van der Waals surface area contributed by atoms with Gasteiger partial charge < -0.3 is 9.47 Å². The molecule has 1 fully saturated rings. The first-order chi connectivity index (χ1) is 13.7. The van der Waals surface area contributed by atoms with Crippen LogP contribution >= 0.6 is 0 Å². The average molecular weight is 374 g/mol. The minimum Gasteiger partial charge on any atom is -0.494 e. The van der Waals surface area contributed by atoms with E-state index in [2.05, 4.69) is 4.98 Å². The number of methoxy groups -OCH3 is 1. The Bertz CT molecular complexity index is 984. The fraction of sp³-hybridized carbons (Fsp3) is 0.261. The summed E-state index contributed by atoms with van der Waals surface area (Å²) in [5.74, 6) is 0.523. The van der Waals surface area contributed by atoms with Crippen molar-refractivity contribution in [3.8, 4) is 16.9 Å². The van der Waals surface area contributed by atoms with Crippen LogP contribution in [0, 0.1) is 6.92 Å². The molecule has 28 heavy (non-hydrogen) atoms. The highest BCUT2D eigenvalue weighted by Gasteiger charge is 2.34. The van der Waals surface area contributed by atoms with Gasteiger partial charge in [0.05, 0.1) is 24.1 Å². The fourth-order valence-electron chi connectivity index (χ4n) is 3.41.